The second-order valence-corrected chi connectivity index (χ2v) is 2.95. The molecule has 4 heteroatoms. The lowest BCUT2D eigenvalue weighted by molar-refractivity contribution is -0.149. The zero-order valence-corrected chi connectivity index (χ0v) is 8.41. The Balaban J connectivity index is 4.48. The van der Waals surface area contributed by atoms with Crippen LogP contribution in [0, 0.1) is 0 Å². The number of hydrogen-bond donors (Lipinski definition) is 1. The molecule has 0 bridgehead atoms. The van der Waals surface area contributed by atoms with Gasteiger partial charge in [-0.3, -0.25) is 4.79 Å². The van der Waals surface area contributed by atoms with Gasteiger partial charge in [-0.15, -0.1) is 0 Å². The van der Waals surface area contributed by atoms with E-state index < -0.39 is 12.0 Å². The average molecular weight is 187 g/mol. The fourth-order valence-corrected chi connectivity index (χ4v) is 1.35. The number of rotatable bonds is 5. The normalized spacial score (nSPS) is 12.2. The largest absolute Gasteiger partial charge is 0.480 e. The summed E-state index contributed by atoms with van der Waals surface area (Å²) in [6.07, 6.45) is 1.28. The first-order valence-corrected chi connectivity index (χ1v) is 4.54. The van der Waals surface area contributed by atoms with Crippen molar-refractivity contribution >= 4 is 11.9 Å². The highest BCUT2D eigenvalue weighted by Crippen LogP contribution is 2.07. The van der Waals surface area contributed by atoms with Gasteiger partial charge < -0.3 is 10.0 Å². The van der Waals surface area contributed by atoms with Gasteiger partial charge >= 0.3 is 5.97 Å². The van der Waals surface area contributed by atoms with E-state index in [-0.39, 0.29) is 5.91 Å². The van der Waals surface area contributed by atoms with Gasteiger partial charge in [0, 0.05) is 13.5 Å². The molecule has 0 spiro atoms. The molecule has 0 radical (unpaired) electrons. The zero-order chi connectivity index (χ0) is 10.4. The summed E-state index contributed by atoms with van der Waals surface area (Å²) < 4.78 is 0. The van der Waals surface area contributed by atoms with Crippen molar-refractivity contribution < 1.29 is 14.7 Å². The third kappa shape index (κ3) is 3.44. The molecular formula is C9H17NO3. The van der Waals surface area contributed by atoms with Crippen LogP contribution < -0.4 is 0 Å². The second kappa shape index (κ2) is 5.56. The topological polar surface area (TPSA) is 57.6 Å². The molecule has 1 unspecified atom stereocenters. The second-order valence-electron chi connectivity index (χ2n) is 2.95. The van der Waals surface area contributed by atoms with Crippen LogP contribution in [0.4, 0.5) is 0 Å². The maximum Gasteiger partial charge on any atom is 0.326 e. The summed E-state index contributed by atoms with van der Waals surface area (Å²) in [5.74, 6) is -1.10. The molecule has 0 aliphatic carbocycles. The van der Waals surface area contributed by atoms with E-state index in [0.29, 0.717) is 13.0 Å². The number of hydrogen-bond acceptors (Lipinski definition) is 2. The SMILES string of the molecule is CCCC(C(=O)O)N(CC)C(C)=O. The first kappa shape index (κ1) is 11.9. The molecule has 0 saturated carbocycles. The highest BCUT2D eigenvalue weighted by Gasteiger charge is 2.24. The molecule has 1 amide bonds. The fourth-order valence-electron chi connectivity index (χ4n) is 1.35. The number of aliphatic carboxylic acids is 1. The van der Waals surface area contributed by atoms with Gasteiger partial charge in [-0.2, -0.15) is 0 Å². The maximum atomic E-state index is 11.1. The minimum absolute atomic E-state index is 0.177. The number of carboxylic acids is 1. The number of carbonyl (C=O) groups is 2. The molecule has 1 atom stereocenters. The number of amides is 1. The Kier molecular flexibility index (Phi) is 5.11. The first-order valence-electron chi connectivity index (χ1n) is 4.54. The number of likely N-dealkylation sites (N-methyl/N-ethyl adjacent to an activating group) is 1. The van der Waals surface area contributed by atoms with Crippen molar-refractivity contribution in [3.05, 3.63) is 0 Å². The smallest absolute Gasteiger partial charge is 0.326 e. The molecule has 0 rings (SSSR count). The van der Waals surface area contributed by atoms with Gasteiger partial charge in [-0.05, 0) is 13.3 Å². The minimum atomic E-state index is -0.918. The quantitative estimate of drug-likeness (QED) is 0.701. The molecule has 4 nitrogen and oxygen atoms in total. The first-order chi connectivity index (χ1) is 6.04. The Hall–Kier alpha value is -1.06. The van der Waals surface area contributed by atoms with Crippen LogP contribution in [0.2, 0.25) is 0 Å². The fraction of sp³-hybridized carbons (Fsp3) is 0.778. The van der Waals surface area contributed by atoms with Gasteiger partial charge in [0.1, 0.15) is 6.04 Å². The average Bonchev–Trinajstić information content (AvgIpc) is 2.03. The van der Waals surface area contributed by atoms with E-state index in [2.05, 4.69) is 0 Å². The van der Waals surface area contributed by atoms with Gasteiger partial charge in [0.2, 0.25) is 5.91 Å². The molecular weight excluding hydrogens is 170 g/mol. The van der Waals surface area contributed by atoms with Crippen LogP contribution >= 0.6 is 0 Å². The summed E-state index contributed by atoms with van der Waals surface area (Å²) in [7, 11) is 0. The predicted molar refractivity (Wildman–Crippen MR) is 49.4 cm³/mol. The van der Waals surface area contributed by atoms with Crippen LogP contribution in [-0.4, -0.2) is 34.5 Å². The van der Waals surface area contributed by atoms with Crippen LogP contribution in [0.3, 0.4) is 0 Å². The van der Waals surface area contributed by atoms with E-state index in [1.807, 2.05) is 6.92 Å². The zero-order valence-electron chi connectivity index (χ0n) is 8.41. The summed E-state index contributed by atoms with van der Waals surface area (Å²) in [4.78, 5) is 23.2. The van der Waals surface area contributed by atoms with E-state index >= 15 is 0 Å². The van der Waals surface area contributed by atoms with Crippen LogP contribution in [0.5, 0.6) is 0 Å². The third-order valence-corrected chi connectivity index (χ3v) is 1.97. The van der Waals surface area contributed by atoms with Gasteiger partial charge in [-0.1, -0.05) is 13.3 Å². The highest BCUT2D eigenvalue weighted by molar-refractivity contribution is 5.82. The van der Waals surface area contributed by atoms with E-state index in [9.17, 15) is 9.59 Å². The summed E-state index contributed by atoms with van der Waals surface area (Å²) in [6.45, 7) is 5.54. The standard InChI is InChI=1S/C9H17NO3/c1-4-6-8(9(12)13)10(5-2)7(3)11/h8H,4-6H2,1-3H3,(H,12,13). The van der Waals surface area contributed by atoms with Gasteiger partial charge in [0.05, 0.1) is 0 Å². The molecule has 0 aromatic carbocycles. The molecule has 1 N–H and O–H groups in total. The summed E-state index contributed by atoms with van der Waals surface area (Å²) >= 11 is 0. The molecule has 0 aliphatic rings. The van der Waals surface area contributed by atoms with E-state index in [0.717, 1.165) is 6.42 Å². The predicted octanol–water partition coefficient (Wildman–Crippen LogP) is 1.11. The van der Waals surface area contributed by atoms with E-state index in [1.165, 1.54) is 11.8 Å². The van der Waals surface area contributed by atoms with Crippen molar-refractivity contribution in [2.45, 2.75) is 39.7 Å². The van der Waals surface area contributed by atoms with Gasteiger partial charge in [0.15, 0.2) is 0 Å². The monoisotopic (exact) mass is 187 g/mol. The Morgan fingerprint density at radius 2 is 1.92 bits per heavy atom. The molecule has 0 aromatic rings. The third-order valence-electron chi connectivity index (χ3n) is 1.97. The Morgan fingerprint density at radius 1 is 1.38 bits per heavy atom. The minimum Gasteiger partial charge on any atom is -0.480 e. The summed E-state index contributed by atoms with van der Waals surface area (Å²) in [6, 6.07) is -0.660. The van der Waals surface area contributed by atoms with Crippen molar-refractivity contribution in [1.29, 1.82) is 0 Å². The Labute approximate surface area is 78.5 Å². The maximum absolute atomic E-state index is 11.1. The molecule has 0 aliphatic heterocycles. The lowest BCUT2D eigenvalue weighted by atomic mass is 10.1. The lowest BCUT2D eigenvalue weighted by Gasteiger charge is -2.26. The van der Waals surface area contributed by atoms with Crippen LogP contribution in [-0.2, 0) is 9.59 Å². The Morgan fingerprint density at radius 3 is 2.15 bits per heavy atom. The highest BCUT2D eigenvalue weighted by atomic mass is 16.4. The van der Waals surface area contributed by atoms with Crippen LogP contribution in [0.25, 0.3) is 0 Å². The molecule has 0 aromatic heterocycles. The van der Waals surface area contributed by atoms with Crippen LogP contribution in [0.15, 0.2) is 0 Å². The van der Waals surface area contributed by atoms with E-state index in [4.69, 9.17) is 5.11 Å². The summed E-state index contributed by atoms with van der Waals surface area (Å²) in [5, 5.41) is 8.86. The van der Waals surface area contributed by atoms with Crippen molar-refractivity contribution in [3.63, 3.8) is 0 Å². The van der Waals surface area contributed by atoms with Crippen molar-refractivity contribution in [2.24, 2.45) is 0 Å². The number of carboxylic acid groups (broad SMARTS) is 1. The molecule has 0 heterocycles. The van der Waals surface area contributed by atoms with E-state index in [1.54, 1.807) is 6.92 Å². The van der Waals surface area contributed by atoms with Gasteiger partial charge in [-0.25, -0.2) is 4.79 Å². The van der Waals surface area contributed by atoms with Crippen molar-refractivity contribution in [1.82, 2.24) is 4.90 Å². The molecule has 13 heavy (non-hydrogen) atoms. The number of nitrogens with zero attached hydrogens (tertiary/aromatic N) is 1. The van der Waals surface area contributed by atoms with Crippen molar-refractivity contribution in [2.75, 3.05) is 6.54 Å². The van der Waals surface area contributed by atoms with Gasteiger partial charge in [0.25, 0.3) is 0 Å². The number of carbonyl (C=O) groups excluding carboxylic acids is 1. The molecule has 76 valence electrons. The van der Waals surface area contributed by atoms with Crippen molar-refractivity contribution in [3.8, 4) is 0 Å². The molecule has 0 fully saturated rings. The lowest BCUT2D eigenvalue weighted by Crippen LogP contribution is -2.43. The molecule has 0 saturated heterocycles. The summed E-state index contributed by atoms with van der Waals surface area (Å²) in [5.41, 5.74) is 0. The Bertz CT molecular complexity index is 191. The van der Waals surface area contributed by atoms with Crippen LogP contribution in [0.1, 0.15) is 33.6 Å².